The molecule has 0 spiro atoms. The molecule has 0 bridgehead atoms. The Labute approximate surface area is 100 Å². The van der Waals surface area contributed by atoms with Gasteiger partial charge in [0, 0.05) is 19.6 Å². The molecule has 0 unspecified atom stereocenters. The molecule has 0 saturated heterocycles. The lowest BCUT2D eigenvalue weighted by Gasteiger charge is -2.20. The van der Waals surface area contributed by atoms with Crippen molar-refractivity contribution in [1.82, 2.24) is 9.88 Å². The van der Waals surface area contributed by atoms with E-state index in [9.17, 15) is 4.79 Å². The molecule has 5 heteroatoms. The summed E-state index contributed by atoms with van der Waals surface area (Å²) in [5.41, 5.74) is 1.31. The zero-order valence-electron chi connectivity index (χ0n) is 9.89. The van der Waals surface area contributed by atoms with Crippen molar-refractivity contribution in [2.45, 2.75) is 18.9 Å². The van der Waals surface area contributed by atoms with Gasteiger partial charge in [-0.2, -0.15) is 0 Å². The van der Waals surface area contributed by atoms with Gasteiger partial charge in [0.2, 0.25) is 0 Å². The number of aliphatic hydroxyl groups excluding tert-OH is 1. The number of amides is 1. The third-order valence-electron chi connectivity index (χ3n) is 2.86. The number of pyridine rings is 1. The fourth-order valence-electron chi connectivity index (χ4n) is 1.76. The number of carbonyl (C=O) groups excluding carboxylic acids is 1. The van der Waals surface area contributed by atoms with Gasteiger partial charge < -0.3 is 15.3 Å². The van der Waals surface area contributed by atoms with Gasteiger partial charge in [0.05, 0.1) is 18.5 Å². The van der Waals surface area contributed by atoms with E-state index < -0.39 is 0 Å². The van der Waals surface area contributed by atoms with Gasteiger partial charge in [-0.1, -0.05) is 0 Å². The second-order valence-corrected chi connectivity index (χ2v) is 4.14. The first-order valence-electron chi connectivity index (χ1n) is 5.82. The van der Waals surface area contributed by atoms with Crippen LogP contribution in [-0.2, 0) is 0 Å². The molecule has 1 amide bonds. The lowest BCUT2D eigenvalue weighted by molar-refractivity contribution is 0.0702. The molecule has 17 heavy (non-hydrogen) atoms. The smallest absolute Gasteiger partial charge is 0.272 e. The monoisotopic (exact) mass is 235 g/mol. The van der Waals surface area contributed by atoms with Gasteiger partial charge in [-0.15, -0.1) is 0 Å². The predicted molar refractivity (Wildman–Crippen MR) is 64.9 cm³/mol. The standard InChI is InChI=1S/C12H17N3O2/c1-13-9-2-5-11(14-8-9)12(17)15(6-7-16)10-3-4-10/h2,5,8,10,13,16H,3-4,6-7H2,1H3. The molecule has 1 aromatic rings. The van der Waals surface area contributed by atoms with E-state index in [1.807, 2.05) is 6.07 Å². The van der Waals surface area contributed by atoms with Crippen molar-refractivity contribution >= 4 is 11.6 Å². The summed E-state index contributed by atoms with van der Waals surface area (Å²) in [4.78, 5) is 18.0. The molecule has 0 aromatic carbocycles. The number of rotatable bonds is 5. The number of aliphatic hydroxyl groups is 1. The molecule has 0 aliphatic heterocycles. The van der Waals surface area contributed by atoms with Gasteiger partial charge in [0.1, 0.15) is 5.69 Å². The maximum atomic E-state index is 12.1. The summed E-state index contributed by atoms with van der Waals surface area (Å²) >= 11 is 0. The number of anilines is 1. The Kier molecular flexibility index (Phi) is 3.58. The van der Waals surface area contributed by atoms with Crippen LogP contribution in [0.1, 0.15) is 23.3 Å². The summed E-state index contributed by atoms with van der Waals surface area (Å²) in [6, 6.07) is 3.82. The Bertz CT molecular complexity index is 387. The van der Waals surface area contributed by atoms with Crippen molar-refractivity contribution in [2.75, 3.05) is 25.5 Å². The van der Waals surface area contributed by atoms with E-state index in [1.54, 1.807) is 24.2 Å². The minimum Gasteiger partial charge on any atom is -0.395 e. The highest BCUT2D eigenvalue weighted by Gasteiger charge is 2.32. The molecule has 2 rings (SSSR count). The number of nitrogens with one attached hydrogen (secondary N) is 1. The van der Waals surface area contributed by atoms with Crippen molar-refractivity contribution in [2.24, 2.45) is 0 Å². The van der Waals surface area contributed by atoms with Gasteiger partial charge in [0.25, 0.3) is 5.91 Å². The molecule has 92 valence electrons. The molecular weight excluding hydrogens is 218 g/mol. The topological polar surface area (TPSA) is 65.5 Å². The van der Waals surface area contributed by atoms with E-state index in [1.165, 1.54) is 0 Å². The van der Waals surface area contributed by atoms with Crippen LogP contribution in [0.3, 0.4) is 0 Å². The molecule has 0 radical (unpaired) electrons. The van der Waals surface area contributed by atoms with Crippen molar-refractivity contribution in [3.05, 3.63) is 24.0 Å². The lowest BCUT2D eigenvalue weighted by atomic mass is 10.3. The number of aromatic nitrogens is 1. The summed E-state index contributed by atoms with van der Waals surface area (Å²) < 4.78 is 0. The Hall–Kier alpha value is -1.62. The van der Waals surface area contributed by atoms with E-state index >= 15 is 0 Å². The van der Waals surface area contributed by atoms with Crippen LogP contribution in [0, 0.1) is 0 Å². The predicted octanol–water partition coefficient (Wildman–Crippen LogP) is 0.720. The van der Waals surface area contributed by atoms with Crippen LogP contribution in [0.15, 0.2) is 18.3 Å². The molecule has 1 heterocycles. The van der Waals surface area contributed by atoms with Gasteiger partial charge >= 0.3 is 0 Å². The quantitative estimate of drug-likeness (QED) is 0.789. The number of hydrogen-bond acceptors (Lipinski definition) is 4. The van der Waals surface area contributed by atoms with Gasteiger partial charge in [-0.25, -0.2) is 4.98 Å². The minimum atomic E-state index is -0.0933. The number of hydrogen-bond donors (Lipinski definition) is 2. The largest absolute Gasteiger partial charge is 0.395 e. The van der Waals surface area contributed by atoms with Crippen LogP contribution in [-0.4, -0.2) is 47.1 Å². The first-order valence-corrected chi connectivity index (χ1v) is 5.82. The van der Waals surface area contributed by atoms with E-state index in [-0.39, 0.29) is 12.5 Å². The average Bonchev–Trinajstić information content (AvgIpc) is 3.19. The Balaban J connectivity index is 2.10. The van der Waals surface area contributed by atoms with Crippen molar-refractivity contribution < 1.29 is 9.90 Å². The van der Waals surface area contributed by atoms with E-state index in [4.69, 9.17) is 5.11 Å². The summed E-state index contributed by atoms with van der Waals surface area (Å²) in [7, 11) is 1.81. The Morgan fingerprint density at radius 2 is 2.35 bits per heavy atom. The SMILES string of the molecule is CNc1ccc(C(=O)N(CCO)C2CC2)nc1. The van der Waals surface area contributed by atoms with Gasteiger partial charge in [-0.3, -0.25) is 4.79 Å². The molecule has 0 atom stereocenters. The lowest BCUT2D eigenvalue weighted by Crippen LogP contribution is -2.35. The Morgan fingerprint density at radius 1 is 1.59 bits per heavy atom. The second-order valence-electron chi connectivity index (χ2n) is 4.14. The van der Waals surface area contributed by atoms with Gasteiger partial charge in [0.15, 0.2) is 0 Å². The summed E-state index contributed by atoms with van der Waals surface area (Å²) in [5.74, 6) is -0.0933. The first kappa shape index (κ1) is 11.9. The van der Waals surface area contributed by atoms with Crippen LogP contribution in [0.2, 0.25) is 0 Å². The fraction of sp³-hybridized carbons (Fsp3) is 0.500. The number of nitrogens with zero attached hydrogens (tertiary/aromatic N) is 2. The molecule has 1 saturated carbocycles. The van der Waals surface area contributed by atoms with E-state index in [0.29, 0.717) is 18.3 Å². The number of carbonyl (C=O) groups is 1. The highest BCUT2D eigenvalue weighted by Crippen LogP contribution is 2.27. The average molecular weight is 235 g/mol. The zero-order valence-corrected chi connectivity index (χ0v) is 9.89. The van der Waals surface area contributed by atoms with Crippen molar-refractivity contribution in [3.8, 4) is 0 Å². The van der Waals surface area contributed by atoms with E-state index in [0.717, 1.165) is 18.5 Å². The third-order valence-corrected chi connectivity index (χ3v) is 2.86. The summed E-state index contributed by atoms with van der Waals surface area (Å²) in [6.45, 7) is 0.385. The molecule has 5 nitrogen and oxygen atoms in total. The maximum absolute atomic E-state index is 12.1. The van der Waals surface area contributed by atoms with Crippen LogP contribution in [0.4, 0.5) is 5.69 Å². The molecule has 1 fully saturated rings. The van der Waals surface area contributed by atoms with Crippen molar-refractivity contribution in [3.63, 3.8) is 0 Å². The summed E-state index contributed by atoms with van der Waals surface area (Å²) in [5, 5.41) is 11.9. The van der Waals surface area contributed by atoms with Crippen molar-refractivity contribution in [1.29, 1.82) is 0 Å². The summed E-state index contributed by atoms with van der Waals surface area (Å²) in [6.07, 6.45) is 3.69. The maximum Gasteiger partial charge on any atom is 0.272 e. The molecular formula is C12H17N3O2. The fourth-order valence-corrected chi connectivity index (χ4v) is 1.76. The molecule has 2 N–H and O–H groups in total. The second kappa shape index (κ2) is 5.14. The normalized spacial score (nSPS) is 14.5. The molecule has 1 aliphatic carbocycles. The van der Waals surface area contributed by atoms with Gasteiger partial charge in [-0.05, 0) is 25.0 Å². The van der Waals surface area contributed by atoms with Crippen LogP contribution in [0.5, 0.6) is 0 Å². The first-order chi connectivity index (χ1) is 8.26. The minimum absolute atomic E-state index is 0.00314. The van der Waals surface area contributed by atoms with Crippen LogP contribution >= 0.6 is 0 Å². The molecule has 1 aromatic heterocycles. The highest BCUT2D eigenvalue weighted by atomic mass is 16.3. The zero-order chi connectivity index (χ0) is 12.3. The highest BCUT2D eigenvalue weighted by molar-refractivity contribution is 5.92. The van der Waals surface area contributed by atoms with Crippen LogP contribution < -0.4 is 5.32 Å². The van der Waals surface area contributed by atoms with Crippen LogP contribution in [0.25, 0.3) is 0 Å². The third kappa shape index (κ3) is 2.74. The van der Waals surface area contributed by atoms with E-state index in [2.05, 4.69) is 10.3 Å². The molecule has 1 aliphatic rings. The Morgan fingerprint density at radius 3 is 2.82 bits per heavy atom.